The molecule has 1 aliphatic carbocycles. The summed E-state index contributed by atoms with van der Waals surface area (Å²) in [6.07, 6.45) is 8.13. The number of anilines is 2. The van der Waals surface area contributed by atoms with Crippen molar-refractivity contribution in [3.63, 3.8) is 0 Å². The van der Waals surface area contributed by atoms with Crippen LogP contribution >= 0.6 is 0 Å². The first kappa shape index (κ1) is 16.5. The van der Waals surface area contributed by atoms with Crippen LogP contribution in [0.4, 0.5) is 11.8 Å². The third-order valence-corrected chi connectivity index (χ3v) is 6.39. The smallest absolute Gasteiger partial charge is 0.225 e. The molecule has 1 unspecified atom stereocenters. The molecule has 2 aliphatic rings. The highest BCUT2D eigenvalue weighted by Gasteiger charge is 2.28. The Morgan fingerprint density at radius 3 is 2.39 bits per heavy atom. The molecule has 0 amide bonds. The molecule has 6 nitrogen and oxygen atoms in total. The second kappa shape index (κ2) is 7.03. The van der Waals surface area contributed by atoms with Crippen LogP contribution in [-0.4, -0.2) is 42.0 Å². The molecule has 1 saturated heterocycles. The fourth-order valence-corrected chi connectivity index (χ4v) is 5.10. The van der Waals surface area contributed by atoms with Crippen LogP contribution in [0.1, 0.15) is 50.6 Å². The average Bonchev–Trinajstić information content (AvgIpc) is 2.67. The first-order valence-corrected chi connectivity index (χ1v) is 10.4. The molecule has 128 valence electrons. The van der Waals surface area contributed by atoms with E-state index in [9.17, 15) is 8.42 Å². The zero-order chi connectivity index (χ0) is 16.3. The summed E-state index contributed by atoms with van der Waals surface area (Å²) < 4.78 is 23.2. The minimum atomic E-state index is -2.88. The van der Waals surface area contributed by atoms with Crippen molar-refractivity contribution in [2.75, 3.05) is 22.1 Å². The van der Waals surface area contributed by atoms with Gasteiger partial charge in [0.2, 0.25) is 5.95 Å². The van der Waals surface area contributed by atoms with Gasteiger partial charge in [-0.15, -0.1) is 0 Å². The van der Waals surface area contributed by atoms with E-state index in [2.05, 4.69) is 20.6 Å². The van der Waals surface area contributed by atoms with Gasteiger partial charge >= 0.3 is 0 Å². The van der Waals surface area contributed by atoms with Crippen LogP contribution in [0, 0.1) is 6.92 Å². The zero-order valence-electron chi connectivity index (χ0n) is 13.7. The molecule has 7 heteroatoms. The van der Waals surface area contributed by atoms with Crippen molar-refractivity contribution in [3.05, 3.63) is 11.8 Å². The normalized spacial score (nSPS) is 25.0. The van der Waals surface area contributed by atoms with Crippen LogP contribution in [0.5, 0.6) is 0 Å². The standard InChI is InChI=1S/C16H26N4O2S/c1-12-10-15(18-14-8-9-23(21,22)11-14)20-16(17-12)19-13-6-4-2-3-5-7-13/h10,13-14H,2-9,11H2,1H3,(H2,17,18,19,20). The number of aryl methyl sites for hydroxylation is 1. The maximum absolute atomic E-state index is 11.6. The van der Waals surface area contributed by atoms with Crippen molar-refractivity contribution < 1.29 is 8.42 Å². The molecule has 1 aromatic heterocycles. The van der Waals surface area contributed by atoms with Crippen molar-refractivity contribution >= 4 is 21.6 Å². The van der Waals surface area contributed by atoms with E-state index < -0.39 is 9.84 Å². The lowest BCUT2D eigenvalue weighted by molar-refractivity contribution is 0.602. The number of nitrogens with one attached hydrogen (secondary N) is 2. The topological polar surface area (TPSA) is 84.0 Å². The largest absolute Gasteiger partial charge is 0.366 e. The summed E-state index contributed by atoms with van der Waals surface area (Å²) >= 11 is 0. The summed E-state index contributed by atoms with van der Waals surface area (Å²) in [4.78, 5) is 9.02. The van der Waals surface area contributed by atoms with Crippen LogP contribution < -0.4 is 10.6 Å². The Morgan fingerprint density at radius 2 is 1.74 bits per heavy atom. The Balaban J connectivity index is 1.66. The quantitative estimate of drug-likeness (QED) is 0.821. The van der Waals surface area contributed by atoms with E-state index in [1.807, 2.05) is 13.0 Å². The van der Waals surface area contributed by atoms with Crippen LogP contribution in [0.25, 0.3) is 0 Å². The molecular weight excluding hydrogens is 312 g/mol. The summed E-state index contributed by atoms with van der Waals surface area (Å²) in [5.74, 6) is 1.83. The van der Waals surface area contributed by atoms with E-state index in [4.69, 9.17) is 0 Å². The molecular formula is C16H26N4O2S. The SMILES string of the molecule is Cc1cc(NC2CCS(=O)(=O)C2)nc(NC2CCCCCC2)n1. The van der Waals surface area contributed by atoms with Gasteiger partial charge in [-0.05, 0) is 26.2 Å². The summed E-state index contributed by atoms with van der Waals surface area (Å²) in [5, 5.41) is 6.72. The third kappa shape index (κ3) is 4.80. The highest BCUT2D eigenvalue weighted by atomic mass is 32.2. The van der Waals surface area contributed by atoms with Gasteiger partial charge in [-0.3, -0.25) is 0 Å². The Morgan fingerprint density at radius 1 is 1.00 bits per heavy atom. The Bertz CT molecular complexity index is 639. The summed E-state index contributed by atoms with van der Waals surface area (Å²) in [6.45, 7) is 1.94. The van der Waals surface area contributed by atoms with Crippen LogP contribution in [0.2, 0.25) is 0 Å². The zero-order valence-corrected chi connectivity index (χ0v) is 14.5. The van der Waals surface area contributed by atoms with Gasteiger partial charge in [0.05, 0.1) is 11.5 Å². The molecule has 0 bridgehead atoms. The summed E-state index contributed by atoms with van der Waals surface area (Å²) in [6, 6.07) is 2.28. The van der Waals surface area contributed by atoms with Gasteiger partial charge in [0, 0.05) is 23.8 Å². The first-order chi connectivity index (χ1) is 11.0. The highest BCUT2D eigenvalue weighted by molar-refractivity contribution is 7.91. The summed E-state index contributed by atoms with van der Waals surface area (Å²) in [7, 11) is -2.88. The van der Waals surface area contributed by atoms with Crippen LogP contribution in [0.15, 0.2) is 6.07 Å². The maximum Gasteiger partial charge on any atom is 0.225 e. The van der Waals surface area contributed by atoms with E-state index in [0.717, 1.165) is 11.5 Å². The molecule has 23 heavy (non-hydrogen) atoms. The lowest BCUT2D eigenvalue weighted by atomic mass is 10.1. The Hall–Kier alpha value is -1.37. The highest BCUT2D eigenvalue weighted by Crippen LogP contribution is 2.21. The molecule has 1 aromatic rings. The molecule has 2 heterocycles. The number of nitrogens with zero attached hydrogens (tertiary/aromatic N) is 2. The van der Waals surface area contributed by atoms with Gasteiger partial charge in [0.15, 0.2) is 9.84 Å². The van der Waals surface area contributed by atoms with Crippen molar-refractivity contribution in [2.24, 2.45) is 0 Å². The molecule has 0 radical (unpaired) electrons. The van der Waals surface area contributed by atoms with Gasteiger partial charge in [-0.1, -0.05) is 25.7 Å². The minimum Gasteiger partial charge on any atom is -0.366 e. The molecule has 1 saturated carbocycles. The number of hydrogen-bond acceptors (Lipinski definition) is 6. The average molecular weight is 338 g/mol. The van der Waals surface area contributed by atoms with Crippen LogP contribution in [-0.2, 0) is 9.84 Å². The minimum absolute atomic E-state index is 0.0416. The van der Waals surface area contributed by atoms with Crippen LogP contribution in [0.3, 0.4) is 0 Å². The number of sulfone groups is 1. The number of rotatable bonds is 4. The maximum atomic E-state index is 11.6. The molecule has 2 N–H and O–H groups in total. The van der Waals surface area contributed by atoms with Gasteiger partial charge in [0.25, 0.3) is 0 Å². The molecule has 1 aliphatic heterocycles. The van der Waals surface area contributed by atoms with Gasteiger partial charge in [-0.2, -0.15) is 4.98 Å². The number of aromatic nitrogens is 2. The fourth-order valence-electron chi connectivity index (χ4n) is 3.43. The third-order valence-electron chi connectivity index (χ3n) is 4.63. The van der Waals surface area contributed by atoms with Gasteiger partial charge in [-0.25, -0.2) is 13.4 Å². The monoisotopic (exact) mass is 338 g/mol. The van der Waals surface area contributed by atoms with Crippen molar-refractivity contribution in [1.82, 2.24) is 9.97 Å². The Kier molecular flexibility index (Phi) is 5.04. The lowest BCUT2D eigenvalue weighted by Crippen LogP contribution is -2.23. The van der Waals surface area contributed by atoms with Crippen molar-refractivity contribution in [2.45, 2.75) is 64.0 Å². The molecule has 1 atom stereocenters. The second-order valence-corrected chi connectivity index (χ2v) is 9.02. The molecule has 3 rings (SSSR count). The molecule has 0 spiro atoms. The second-order valence-electron chi connectivity index (χ2n) is 6.80. The molecule has 2 fully saturated rings. The van der Waals surface area contributed by atoms with Gasteiger partial charge < -0.3 is 10.6 Å². The Labute approximate surface area is 138 Å². The van der Waals surface area contributed by atoms with E-state index >= 15 is 0 Å². The predicted molar refractivity (Wildman–Crippen MR) is 92.6 cm³/mol. The van der Waals surface area contributed by atoms with Crippen molar-refractivity contribution in [3.8, 4) is 0 Å². The van der Waals surface area contributed by atoms with E-state index in [1.54, 1.807) is 0 Å². The van der Waals surface area contributed by atoms with E-state index in [-0.39, 0.29) is 17.5 Å². The van der Waals surface area contributed by atoms with E-state index in [1.165, 1.54) is 38.5 Å². The fraction of sp³-hybridized carbons (Fsp3) is 0.750. The molecule has 0 aromatic carbocycles. The predicted octanol–water partition coefficient (Wildman–Crippen LogP) is 2.52. The first-order valence-electron chi connectivity index (χ1n) is 8.59. The van der Waals surface area contributed by atoms with Gasteiger partial charge in [0.1, 0.15) is 5.82 Å². The van der Waals surface area contributed by atoms with E-state index in [0.29, 0.717) is 18.4 Å². The number of hydrogen-bond donors (Lipinski definition) is 2. The van der Waals surface area contributed by atoms with Crippen molar-refractivity contribution in [1.29, 1.82) is 0 Å². The summed E-state index contributed by atoms with van der Waals surface area (Å²) in [5.41, 5.74) is 0.888. The lowest BCUT2D eigenvalue weighted by Gasteiger charge is -2.18.